The number of benzene rings is 1. The van der Waals surface area contributed by atoms with Gasteiger partial charge in [0.2, 0.25) is 0 Å². The zero-order chi connectivity index (χ0) is 13.0. The molecule has 1 aromatic carbocycles. The number of aliphatic hydroxyl groups is 1. The standard InChI is InChI=1S/C14H17N3O/c1-10-8-13(6-7-16-10)17-9-14(18)11-2-4-12(15)5-3-11/h2-8,14,18H,9,15H2,1H3,(H,16,17). The summed E-state index contributed by atoms with van der Waals surface area (Å²) in [7, 11) is 0. The number of nitrogens with one attached hydrogen (secondary N) is 1. The molecule has 1 heterocycles. The normalized spacial score (nSPS) is 12.1. The molecule has 0 saturated carbocycles. The van der Waals surface area contributed by atoms with Crippen LogP contribution in [0.25, 0.3) is 0 Å². The number of pyridine rings is 1. The van der Waals surface area contributed by atoms with Gasteiger partial charge in [-0.3, -0.25) is 4.98 Å². The molecule has 1 unspecified atom stereocenters. The number of anilines is 2. The number of hydrogen-bond donors (Lipinski definition) is 3. The van der Waals surface area contributed by atoms with Gasteiger partial charge < -0.3 is 16.2 Å². The van der Waals surface area contributed by atoms with Crippen LogP contribution >= 0.6 is 0 Å². The number of aromatic nitrogens is 1. The van der Waals surface area contributed by atoms with Crippen molar-refractivity contribution in [2.24, 2.45) is 0 Å². The molecule has 18 heavy (non-hydrogen) atoms. The van der Waals surface area contributed by atoms with Gasteiger partial charge in [-0.05, 0) is 36.8 Å². The monoisotopic (exact) mass is 243 g/mol. The second kappa shape index (κ2) is 5.51. The molecule has 4 nitrogen and oxygen atoms in total. The number of rotatable bonds is 4. The molecule has 2 aromatic rings. The number of nitrogens with two attached hydrogens (primary N) is 1. The summed E-state index contributed by atoms with van der Waals surface area (Å²) in [5.74, 6) is 0. The van der Waals surface area contributed by atoms with Crippen LogP contribution < -0.4 is 11.1 Å². The largest absolute Gasteiger partial charge is 0.399 e. The topological polar surface area (TPSA) is 71.2 Å². The van der Waals surface area contributed by atoms with E-state index in [0.29, 0.717) is 12.2 Å². The van der Waals surface area contributed by atoms with E-state index >= 15 is 0 Å². The Bertz CT molecular complexity index is 511. The molecular weight excluding hydrogens is 226 g/mol. The first kappa shape index (κ1) is 12.4. The molecule has 0 radical (unpaired) electrons. The summed E-state index contributed by atoms with van der Waals surface area (Å²) in [5, 5.41) is 13.2. The number of aliphatic hydroxyl groups excluding tert-OH is 1. The van der Waals surface area contributed by atoms with Crippen LogP contribution in [0.4, 0.5) is 11.4 Å². The van der Waals surface area contributed by atoms with Gasteiger partial charge >= 0.3 is 0 Å². The second-order valence-corrected chi connectivity index (χ2v) is 4.25. The first-order valence-electron chi connectivity index (χ1n) is 5.85. The van der Waals surface area contributed by atoms with Gasteiger partial charge in [0, 0.05) is 29.8 Å². The molecule has 0 aliphatic carbocycles. The predicted molar refractivity (Wildman–Crippen MR) is 73.3 cm³/mol. The summed E-state index contributed by atoms with van der Waals surface area (Å²) in [5.41, 5.74) is 9.05. The highest BCUT2D eigenvalue weighted by Crippen LogP contribution is 2.16. The first-order valence-corrected chi connectivity index (χ1v) is 5.85. The van der Waals surface area contributed by atoms with Gasteiger partial charge in [0.25, 0.3) is 0 Å². The van der Waals surface area contributed by atoms with Gasteiger partial charge in [0.1, 0.15) is 0 Å². The van der Waals surface area contributed by atoms with Crippen LogP contribution in [-0.2, 0) is 0 Å². The lowest BCUT2D eigenvalue weighted by Gasteiger charge is -2.13. The van der Waals surface area contributed by atoms with Crippen LogP contribution in [0, 0.1) is 6.92 Å². The van der Waals surface area contributed by atoms with Gasteiger partial charge in [-0.15, -0.1) is 0 Å². The average molecular weight is 243 g/mol. The molecule has 0 saturated heterocycles. The van der Waals surface area contributed by atoms with Gasteiger partial charge in [-0.2, -0.15) is 0 Å². The van der Waals surface area contributed by atoms with Gasteiger partial charge in [-0.1, -0.05) is 12.1 Å². The average Bonchev–Trinajstić information content (AvgIpc) is 2.37. The molecule has 94 valence electrons. The fourth-order valence-corrected chi connectivity index (χ4v) is 1.71. The van der Waals surface area contributed by atoms with E-state index in [1.807, 2.05) is 31.2 Å². The van der Waals surface area contributed by atoms with E-state index in [2.05, 4.69) is 10.3 Å². The third kappa shape index (κ3) is 3.21. The molecule has 0 bridgehead atoms. The summed E-state index contributed by atoms with van der Waals surface area (Å²) in [6.07, 6.45) is 1.19. The second-order valence-electron chi connectivity index (χ2n) is 4.25. The van der Waals surface area contributed by atoms with Crippen molar-refractivity contribution >= 4 is 11.4 Å². The predicted octanol–water partition coefficient (Wildman–Crippen LogP) is 2.12. The summed E-state index contributed by atoms with van der Waals surface area (Å²) in [6.45, 7) is 2.38. The van der Waals surface area contributed by atoms with Crippen molar-refractivity contribution in [1.82, 2.24) is 4.98 Å². The van der Waals surface area contributed by atoms with Gasteiger partial charge in [0.15, 0.2) is 0 Å². The minimum atomic E-state index is -0.556. The van der Waals surface area contributed by atoms with Crippen LogP contribution in [0.15, 0.2) is 42.6 Å². The maximum atomic E-state index is 10.0. The van der Waals surface area contributed by atoms with Crippen molar-refractivity contribution in [2.75, 3.05) is 17.6 Å². The van der Waals surface area contributed by atoms with Gasteiger partial charge in [-0.25, -0.2) is 0 Å². The summed E-state index contributed by atoms with van der Waals surface area (Å²) < 4.78 is 0. The summed E-state index contributed by atoms with van der Waals surface area (Å²) in [4.78, 5) is 4.12. The molecule has 2 rings (SSSR count). The third-order valence-corrected chi connectivity index (χ3v) is 2.72. The smallest absolute Gasteiger partial charge is 0.0962 e. The van der Waals surface area contributed by atoms with Crippen molar-refractivity contribution < 1.29 is 5.11 Å². The zero-order valence-electron chi connectivity index (χ0n) is 10.3. The molecule has 1 atom stereocenters. The molecule has 0 aliphatic heterocycles. The van der Waals surface area contributed by atoms with Gasteiger partial charge in [0.05, 0.1) is 6.10 Å². The van der Waals surface area contributed by atoms with E-state index in [1.54, 1.807) is 18.3 Å². The number of nitrogen functional groups attached to an aromatic ring is 1. The van der Waals surface area contributed by atoms with E-state index < -0.39 is 6.10 Å². The Morgan fingerprint density at radius 3 is 2.67 bits per heavy atom. The highest BCUT2D eigenvalue weighted by Gasteiger charge is 2.06. The van der Waals surface area contributed by atoms with Crippen LogP contribution in [0.5, 0.6) is 0 Å². The highest BCUT2D eigenvalue weighted by molar-refractivity contribution is 5.44. The van der Waals surface area contributed by atoms with E-state index in [4.69, 9.17) is 5.73 Å². The van der Waals surface area contributed by atoms with Crippen LogP contribution in [-0.4, -0.2) is 16.6 Å². The van der Waals surface area contributed by atoms with Crippen LogP contribution in [0.2, 0.25) is 0 Å². The molecule has 4 N–H and O–H groups in total. The maximum absolute atomic E-state index is 10.0. The Labute approximate surface area is 106 Å². The quantitative estimate of drug-likeness (QED) is 0.719. The lowest BCUT2D eigenvalue weighted by Crippen LogP contribution is -2.12. The lowest BCUT2D eigenvalue weighted by atomic mass is 10.1. The Morgan fingerprint density at radius 1 is 1.28 bits per heavy atom. The van der Waals surface area contributed by atoms with E-state index in [9.17, 15) is 5.11 Å². The molecule has 0 spiro atoms. The molecule has 0 fully saturated rings. The highest BCUT2D eigenvalue weighted by atomic mass is 16.3. The van der Waals surface area contributed by atoms with Crippen LogP contribution in [0.1, 0.15) is 17.4 Å². The summed E-state index contributed by atoms with van der Waals surface area (Å²) in [6, 6.07) is 11.1. The minimum absolute atomic E-state index is 0.452. The Balaban J connectivity index is 1.96. The Morgan fingerprint density at radius 2 is 2.00 bits per heavy atom. The maximum Gasteiger partial charge on any atom is 0.0962 e. The zero-order valence-corrected chi connectivity index (χ0v) is 10.3. The molecular formula is C14H17N3O. The number of nitrogens with zero attached hydrogens (tertiary/aromatic N) is 1. The number of hydrogen-bond acceptors (Lipinski definition) is 4. The Hall–Kier alpha value is -2.07. The van der Waals surface area contributed by atoms with Crippen LogP contribution in [0.3, 0.4) is 0 Å². The SMILES string of the molecule is Cc1cc(NCC(O)c2ccc(N)cc2)ccn1. The molecule has 0 amide bonds. The van der Waals surface area contributed by atoms with Crippen molar-refractivity contribution in [3.8, 4) is 0 Å². The first-order chi connectivity index (χ1) is 8.65. The molecule has 4 heteroatoms. The van der Waals surface area contributed by atoms with Crippen molar-refractivity contribution in [2.45, 2.75) is 13.0 Å². The minimum Gasteiger partial charge on any atom is -0.399 e. The third-order valence-electron chi connectivity index (χ3n) is 2.72. The lowest BCUT2D eigenvalue weighted by molar-refractivity contribution is 0.191. The fourth-order valence-electron chi connectivity index (χ4n) is 1.71. The Kier molecular flexibility index (Phi) is 3.79. The molecule has 0 aliphatic rings. The molecule has 1 aromatic heterocycles. The van der Waals surface area contributed by atoms with Crippen molar-refractivity contribution in [3.05, 3.63) is 53.9 Å². The van der Waals surface area contributed by atoms with E-state index in [0.717, 1.165) is 16.9 Å². The van der Waals surface area contributed by atoms with Crippen molar-refractivity contribution in [3.63, 3.8) is 0 Å². The summed E-state index contributed by atoms with van der Waals surface area (Å²) >= 11 is 0. The van der Waals surface area contributed by atoms with Crippen molar-refractivity contribution in [1.29, 1.82) is 0 Å². The number of aryl methyl sites for hydroxylation is 1. The fraction of sp³-hybridized carbons (Fsp3) is 0.214. The van der Waals surface area contributed by atoms with E-state index in [-0.39, 0.29) is 0 Å². The van der Waals surface area contributed by atoms with E-state index in [1.165, 1.54) is 0 Å².